The van der Waals surface area contributed by atoms with E-state index in [-0.39, 0.29) is 5.91 Å². The first-order valence-corrected chi connectivity index (χ1v) is 10.9. The number of hydrogen-bond donors (Lipinski definition) is 1. The second-order valence-corrected chi connectivity index (χ2v) is 7.61. The fourth-order valence-corrected chi connectivity index (χ4v) is 4.25. The molecule has 3 rings (SSSR count). The topological polar surface area (TPSA) is 78.3 Å². The molecule has 1 aliphatic carbocycles. The van der Waals surface area contributed by atoms with Gasteiger partial charge in [-0.05, 0) is 37.7 Å². The molecule has 0 saturated heterocycles. The average molecular weight is 405 g/mol. The number of aryl methyl sites for hydroxylation is 1. The van der Waals surface area contributed by atoms with E-state index in [0.29, 0.717) is 29.6 Å². The van der Waals surface area contributed by atoms with Crippen LogP contribution in [0, 0.1) is 0 Å². The minimum atomic E-state index is -0.151. The number of thioether (sulfide) groups is 1. The molecule has 2 aromatic rings. The SMILES string of the molecule is COc1ccc(C(=O)NCCCc2nnc(SC)n2C2CCCC2)c(OC)c1. The standard InChI is InChI=1S/C20H28N4O3S/c1-26-15-10-11-16(17(13-15)27-2)19(25)21-12-6-9-18-22-23-20(28-3)24(18)14-7-4-5-8-14/h10-11,13-14H,4-9,12H2,1-3H3,(H,21,25). The third-order valence-corrected chi connectivity index (χ3v) is 5.77. The van der Waals surface area contributed by atoms with Crippen LogP contribution in [-0.4, -0.2) is 47.7 Å². The maximum Gasteiger partial charge on any atom is 0.255 e. The van der Waals surface area contributed by atoms with Crippen LogP contribution in [0.25, 0.3) is 0 Å². The molecule has 152 valence electrons. The number of carbonyl (C=O) groups excluding carboxylic acids is 1. The van der Waals surface area contributed by atoms with Gasteiger partial charge in [0, 0.05) is 25.1 Å². The Hall–Kier alpha value is -2.22. The second kappa shape index (κ2) is 9.82. The molecule has 0 bridgehead atoms. The summed E-state index contributed by atoms with van der Waals surface area (Å²) in [5.74, 6) is 2.03. The van der Waals surface area contributed by atoms with Gasteiger partial charge in [0.15, 0.2) is 5.16 Å². The van der Waals surface area contributed by atoms with Gasteiger partial charge in [0.1, 0.15) is 17.3 Å². The summed E-state index contributed by atoms with van der Waals surface area (Å²) in [6, 6.07) is 5.70. The van der Waals surface area contributed by atoms with Gasteiger partial charge >= 0.3 is 0 Å². The first kappa shape index (κ1) is 20.5. The monoisotopic (exact) mass is 404 g/mol. The number of carbonyl (C=O) groups is 1. The van der Waals surface area contributed by atoms with Gasteiger partial charge in [-0.3, -0.25) is 4.79 Å². The lowest BCUT2D eigenvalue weighted by molar-refractivity contribution is 0.0950. The number of amides is 1. The average Bonchev–Trinajstić information content (AvgIpc) is 3.39. The normalized spacial score (nSPS) is 14.2. The van der Waals surface area contributed by atoms with E-state index in [1.807, 2.05) is 6.26 Å². The third kappa shape index (κ3) is 4.60. The highest BCUT2D eigenvalue weighted by Crippen LogP contribution is 2.33. The molecule has 1 N–H and O–H groups in total. The van der Waals surface area contributed by atoms with Crippen LogP contribution in [0.4, 0.5) is 0 Å². The minimum Gasteiger partial charge on any atom is -0.497 e. The molecule has 0 radical (unpaired) electrons. The minimum absolute atomic E-state index is 0.151. The van der Waals surface area contributed by atoms with E-state index in [1.165, 1.54) is 25.7 Å². The van der Waals surface area contributed by atoms with Crippen molar-refractivity contribution in [2.45, 2.75) is 49.7 Å². The van der Waals surface area contributed by atoms with E-state index >= 15 is 0 Å². The Morgan fingerprint density at radius 3 is 2.71 bits per heavy atom. The smallest absolute Gasteiger partial charge is 0.255 e. The van der Waals surface area contributed by atoms with Crippen LogP contribution >= 0.6 is 11.8 Å². The van der Waals surface area contributed by atoms with Gasteiger partial charge < -0.3 is 19.4 Å². The Morgan fingerprint density at radius 1 is 1.25 bits per heavy atom. The number of hydrogen-bond acceptors (Lipinski definition) is 6. The van der Waals surface area contributed by atoms with Crippen LogP contribution < -0.4 is 14.8 Å². The summed E-state index contributed by atoms with van der Waals surface area (Å²) >= 11 is 1.65. The number of nitrogens with one attached hydrogen (secondary N) is 1. The summed E-state index contributed by atoms with van der Waals surface area (Å²) in [5.41, 5.74) is 0.502. The molecule has 0 atom stereocenters. The summed E-state index contributed by atoms with van der Waals surface area (Å²) < 4.78 is 12.8. The van der Waals surface area contributed by atoms with Gasteiger partial charge in [0.25, 0.3) is 5.91 Å². The molecule has 1 aromatic carbocycles. The quantitative estimate of drug-likeness (QED) is 0.509. The molecule has 1 heterocycles. The summed E-state index contributed by atoms with van der Waals surface area (Å²) in [5, 5.41) is 12.7. The van der Waals surface area contributed by atoms with Crippen molar-refractivity contribution < 1.29 is 14.3 Å². The Morgan fingerprint density at radius 2 is 2.04 bits per heavy atom. The lowest BCUT2D eigenvalue weighted by atomic mass is 10.1. The van der Waals surface area contributed by atoms with E-state index in [9.17, 15) is 4.79 Å². The van der Waals surface area contributed by atoms with Crippen LogP contribution in [0.3, 0.4) is 0 Å². The van der Waals surface area contributed by atoms with Crippen molar-refractivity contribution in [1.29, 1.82) is 0 Å². The molecular formula is C20H28N4O3S. The van der Waals surface area contributed by atoms with Gasteiger partial charge in [-0.25, -0.2) is 0 Å². The van der Waals surface area contributed by atoms with E-state index in [2.05, 4.69) is 20.1 Å². The third-order valence-electron chi connectivity index (χ3n) is 5.12. The summed E-state index contributed by atoms with van der Waals surface area (Å²) in [4.78, 5) is 12.5. The zero-order valence-electron chi connectivity index (χ0n) is 16.7. The molecule has 1 amide bonds. The highest BCUT2D eigenvalue weighted by molar-refractivity contribution is 7.98. The van der Waals surface area contributed by atoms with Crippen LogP contribution in [0.15, 0.2) is 23.4 Å². The zero-order chi connectivity index (χ0) is 19.9. The number of ether oxygens (including phenoxy) is 2. The molecule has 0 unspecified atom stereocenters. The van der Waals surface area contributed by atoms with Crippen molar-refractivity contribution in [1.82, 2.24) is 20.1 Å². The molecule has 28 heavy (non-hydrogen) atoms. The van der Waals surface area contributed by atoms with Gasteiger partial charge in [-0.1, -0.05) is 24.6 Å². The largest absolute Gasteiger partial charge is 0.497 e. The van der Waals surface area contributed by atoms with Crippen molar-refractivity contribution in [3.05, 3.63) is 29.6 Å². The molecule has 0 spiro atoms. The molecule has 1 fully saturated rings. The Kier molecular flexibility index (Phi) is 7.19. The Bertz CT molecular complexity index is 803. The molecule has 1 aliphatic rings. The van der Waals surface area contributed by atoms with Gasteiger partial charge in [0.2, 0.25) is 0 Å². The molecule has 8 heteroatoms. The fraction of sp³-hybridized carbons (Fsp3) is 0.550. The van der Waals surface area contributed by atoms with Crippen molar-refractivity contribution in [3.8, 4) is 11.5 Å². The Labute approximate surface area is 170 Å². The van der Waals surface area contributed by atoms with Crippen LogP contribution in [0.5, 0.6) is 11.5 Å². The number of benzene rings is 1. The van der Waals surface area contributed by atoms with Crippen LogP contribution in [-0.2, 0) is 6.42 Å². The maximum atomic E-state index is 12.5. The predicted molar refractivity (Wildman–Crippen MR) is 110 cm³/mol. The lowest BCUT2D eigenvalue weighted by Gasteiger charge is -2.16. The van der Waals surface area contributed by atoms with Crippen molar-refractivity contribution >= 4 is 17.7 Å². The lowest BCUT2D eigenvalue weighted by Crippen LogP contribution is -2.25. The highest BCUT2D eigenvalue weighted by Gasteiger charge is 2.23. The van der Waals surface area contributed by atoms with Crippen LogP contribution in [0.2, 0.25) is 0 Å². The number of aromatic nitrogens is 3. The highest BCUT2D eigenvalue weighted by atomic mass is 32.2. The van der Waals surface area contributed by atoms with Crippen molar-refractivity contribution in [2.75, 3.05) is 27.0 Å². The molecular weight excluding hydrogens is 376 g/mol. The number of methoxy groups -OCH3 is 2. The van der Waals surface area contributed by atoms with E-state index in [1.54, 1.807) is 44.2 Å². The number of nitrogens with zero attached hydrogens (tertiary/aromatic N) is 3. The van der Waals surface area contributed by atoms with Crippen molar-refractivity contribution in [3.63, 3.8) is 0 Å². The molecule has 1 aromatic heterocycles. The van der Waals surface area contributed by atoms with E-state index in [0.717, 1.165) is 23.8 Å². The summed E-state index contributed by atoms with van der Waals surface area (Å²) in [6.07, 6.45) is 8.60. The summed E-state index contributed by atoms with van der Waals surface area (Å²) in [6.45, 7) is 0.570. The first-order chi connectivity index (χ1) is 13.7. The first-order valence-electron chi connectivity index (χ1n) is 9.66. The van der Waals surface area contributed by atoms with Gasteiger partial charge in [-0.2, -0.15) is 0 Å². The maximum absolute atomic E-state index is 12.5. The zero-order valence-corrected chi connectivity index (χ0v) is 17.6. The molecule has 7 nitrogen and oxygen atoms in total. The van der Waals surface area contributed by atoms with Crippen LogP contribution in [0.1, 0.15) is 54.3 Å². The Balaban J connectivity index is 1.56. The number of rotatable bonds is 9. The van der Waals surface area contributed by atoms with E-state index < -0.39 is 0 Å². The molecule has 1 saturated carbocycles. The summed E-state index contributed by atoms with van der Waals surface area (Å²) in [7, 11) is 3.13. The van der Waals surface area contributed by atoms with Gasteiger partial charge in [-0.15, -0.1) is 10.2 Å². The molecule has 0 aliphatic heterocycles. The van der Waals surface area contributed by atoms with E-state index in [4.69, 9.17) is 9.47 Å². The second-order valence-electron chi connectivity index (χ2n) is 6.84. The predicted octanol–water partition coefficient (Wildman–Crippen LogP) is 3.49. The fourth-order valence-electron chi connectivity index (χ4n) is 3.68. The van der Waals surface area contributed by atoms with Crippen molar-refractivity contribution in [2.24, 2.45) is 0 Å². The van der Waals surface area contributed by atoms with Gasteiger partial charge in [0.05, 0.1) is 19.8 Å².